The molecule has 0 spiro atoms. The number of carbonyl (C=O) groups excluding carboxylic acids is 2. The van der Waals surface area contributed by atoms with Gasteiger partial charge in [0.15, 0.2) is 0 Å². The Bertz CT molecular complexity index is 729. The lowest BCUT2D eigenvalue weighted by Gasteiger charge is -2.61. The Morgan fingerprint density at radius 2 is 1.68 bits per heavy atom. The maximum atomic E-state index is 13.2. The molecule has 4 fully saturated rings. The molecule has 2 atom stereocenters. The molecular formula is C23H32N2O3. The Morgan fingerprint density at radius 3 is 2.32 bits per heavy atom. The number of aryl methyl sites for hydroxylation is 1. The van der Waals surface area contributed by atoms with E-state index in [2.05, 4.69) is 41.8 Å². The highest BCUT2D eigenvalue weighted by molar-refractivity contribution is 5.83. The van der Waals surface area contributed by atoms with E-state index >= 15 is 0 Å². The van der Waals surface area contributed by atoms with Crippen LogP contribution < -0.4 is 10.6 Å². The lowest BCUT2D eigenvalue weighted by atomic mass is 9.42. The molecule has 0 heterocycles. The second-order valence-electron chi connectivity index (χ2n) is 9.29. The molecule has 4 bridgehead atoms. The van der Waals surface area contributed by atoms with Crippen LogP contribution >= 0.6 is 0 Å². The topological polar surface area (TPSA) is 67.4 Å². The van der Waals surface area contributed by atoms with E-state index in [1.807, 2.05) is 0 Å². The predicted octanol–water partition coefficient (Wildman–Crippen LogP) is 3.70. The van der Waals surface area contributed by atoms with E-state index in [0.717, 1.165) is 19.3 Å². The van der Waals surface area contributed by atoms with Crippen molar-refractivity contribution in [2.24, 2.45) is 17.3 Å². The number of amides is 2. The van der Waals surface area contributed by atoms with Crippen LogP contribution in [0.2, 0.25) is 0 Å². The number of hydrogen-bond donors (Lipinski definition) is 2. The number of carbonyl (C=O) groups is 2. The highest BCUT2D eigenvalue weighted by atomic mass is 16.5. The minimum atomic E-state index is -0.426. The number of hydrogen-bond acceptors (Lipinski definition) is 3. The second-order valence-corrected chi connectivity index (χ2v) is 9.29. The van der Waals surface area contributed by atoms with Crippen LogP contribution in [-0.2, 0) is 14.9 Å². The Labute approximate surface area is 167 Å². The molecular weight excluding hydrogens is 352 g/mol. The molecule has 28 heavy (non-hydrogen) atoms. The van der Waals surface area contributed by atoms with Crippen LogP contribution in [0.25, 0.3) is 0 Å². The summed E-state index contributed by atoms with van der Waals surface area (Å²) in [4.78, 5) is 24.6. The molecule has 5 nitrogen and oxygen atoms in total. The molecule has 2 amide bonds. The van der Waals surface area contributed by atoms with E-state index < -0.39 is 6.09 Å². The summed E-state index contributed by atoms with van der Waals surface area (Å²) in [6.45, 7) is 5.11. The van der Waals surface area contributed by atoms with Crippen molar-refractivity contribution in [1.29, 1.82) is 0 Å². The summed E-state index contributed by atoms with van der Waals surface area (Å²) in [7, 11) is 0. The van der Waals surface area contributed by atoms with Crippen molar-refractivity contribution in [3.05, 3.63) is 35.4 Å². The Kier molecular flexibility index (Phi) is 5.11. The maximum Gasteiger partial charge on any atom is 0.407 e. The number of benzene rings is 1. The summed E-state index contributed by atoms with van der Waals surface area (Å²) in [5.74, 6) is 1.50. The zero-order valence-electron chi connectivity index (χ0n) is 17.1. The van der Waals surface area contributed by atoms with Crippen LogP contribution in [0, 0.1) is 24.2 Å². The highest BCUT2D eigenvalue weighted by Gasteiger charge is 2.60. The average Bonchev–Trinajstić information content (AvgIpc) is 2.64. The van der Waals surface area contributed by atoms with Crippen LogP contribution in [0.3, 0.4) is 0 Å². The van der Waals surface area contributed by atoms with Crippen molar-refractivity contribution < 1.29 is 14.3 Å². The van der Waals surface area contributed by atoms with Gasteiger partial charge >= 0.3 is 6.09 Å². The zero-order valence-corrected chi connectivity index (χ0v) is 17.1. The molecule has 0 aromatic heterocycles. The molecule has 152 valence electrons. The second kappa shape index (κ2) is 7.41. The summed E-state index contributed by atoms with van der Waals surface area (Å²) in [6, 6.07) is 9.00. The first-order valence-electron chi connectivity index (χ1n) is 10.7. The van der Waals surface area contributed by atoms with Gasteiger partial charge in [0.25, 0.3) is 0 Å². The minimum absolute atomic E-state index is 0.165. The van der Waals surface area contributed by atoms with E-state index in [9.17, 15) is 9.59 Å². The third-order valence-corrected chi connectivity index (χ3v) is 7.16. The summed E-state index contributed by atoms with van der Waals surface area (Å²) in [5.41, 5.74) is 2.64. The van der Waals surface area contributed by atoms with Crippen molar-refractivity contribution >= 4 is 12.0 Å². The van der Waals surface area contributed by atoms with E-state index in [-0.39, 0.29) is 16.7 Å². The van der Waals surface area contributed by atoms with Gasteiger partial charge in [-0.25, -0.2) is 4.79 Å². The van der Waals surface area contributed by atoms with Gasteiger partial charge in [-0.1, -0.05) is 29.8 Å². The Morgan fingerprint density at radius 1 is 1.04 bits per heavy atom. The van der Waals surface area contributed by atoms with Crippen LogP contribution in [-0.4, -0.2) is 31.7 Å². The Balaban J connectivity index is 1.44. The molecule has 0 saturated heterocycles. The van der Waals surface area contributed by atoms with Gasteiger partial charge in [0.2, 0.25) is 5.91 Å². The van der Waals surface area contributed by atoms with Gasteiger partial charge in [-0.3, -0.25) is 4.79 Å². The SMILES string of the molecule is CCOC(=O)NCCNC(=O)C12CC3CC(C1)CC(c1ccc(C)cc1)(C3)C2. The summed E-state index contributed by atoms with van der Waals surface area (Å²) in [6.07, 6.45) is 6.32. The average molecular weight is 385 g/mol. The normalized spacial score (nSPS) is 32.8. The van der Waals surface area contributed by atoms with Gasteiger partial charge in [0.1, 0.15) is 0 Å². The van der Waals surface area contributed by atoms with Gasteiger partial charge < -0.3 is 15.4 Å². The monoisotopic (exact) mass is 384 g/mol. The fourth-order valence-corrected chi connectivity index (χ4v) is 6.48. The molecule has 5 heteroatoms. The summed E-state index contributed by atoms with van der Waals surface area (Å²) < 4.78 is 4.86. The van der Waals surface area contributed by atoms with Crippen molar-refractivity contribution in [3.8, 4) is 0 Å². The number of alkyl carbamates (subject to hydrolysis) is 1. The van der Waals surface area contributed by atoms with Crippen LogP contribution in [0.1, 0.15) is 56.6 Å². The van der Waals surface area contributed by atoms with Gasteiger partial charge in [0.05, 0.1) is 12.0 Å². The van der Waals surface area contributed by atoms with E-state index in [1.165, 1.54) is 30.4 Å². The van der Waals surface area contributed by atoms with Gasteiger partial charge in [-0.2, -0.15) is 0 Å². The molecule has 4 saturated carbocycles. The fourth-order valence-electron chi connectivity index (χ4n) is 6.48. The Hall–Kier alpha value is -2.04. The lowest BCUT2D eigenvalue weighted by molar-refractivity contribution is -0.149. The summed E-state index contributed by atoms with van der Waals surface area (Å²) >= 11 is 0. The smallest absolute Gasteiger partial charge is 0.407 e. The summed E-state index contributed by atoms with van der Waals surface area (Å²) in [5, 5.41) is 5.78. The third kappa shape index (κ3) is 3.51. The molecule has 0 radical (unpaired) electrons. The quantitative estimate of drug-likeness (QED) is 0.735. The van der Waals surface area contributed by atoms with Gasteiger partial charge in [-0.05, 0) is 75.2 Å². The first-order valence-corrected chi connectivity index (χ1v) is 10.7. The lowest BCUT2D eigenvalue weighted by Crippen LogP contribution is -2.59. The first kappa shape index (κ1) is 19.3. The number of nitrogens with one attached hydrogen (secondary N) is 2. The standard InChI is InChI=1S/C23H32N2O3/c1-3-28-21(27)25-9-8-24-20(26)23-13-17-10-18(14-23)12-22(11-17,15-23)19-6-4-16(2)5-7-19/h4-7,17-18H,3,8-15H2,1-2H3,(H,24,26)(H,25,27). The molecule has 0 aliphatic heterocycles. The molecule has 4 aliphatic rings. The van der Waals surface area contributed by atoms with E-state index in [1.54, 1.807) is 6.92 Å². The van der Waals surface area contributed by atoms with E-state index in [4.69, 9.17) is 4.74 Å². The van der Waals surface area contributed by atoms with Crippen LogP contribution in [0.15, 0.2) is 24.3 Å². The van der Waals surface area contributed by atoms with Crippen molar-refractivity contribution in [2.75, 3.05) is 19.7 Å². The van der Waals surface area contributed by atoms with Crippen LogP contribution in [0.4, 0.5) is 4.79 Å². The minimum Gasteiger partial charge on any atom is -0.450 e. The number of ether oxygens (including phenoxy) is 1. The molecule has 4 aliphatic carbocycles. The largest absolute Gasteiger partial charge is 0.450 e. The first-order chi connectivity index (χ1) is 13.4. The third-order valence-electron chi connectivity index (χ3n) is 7.16. The predicted molar refractivity (Wildman–Crippen MR) is 108 cm³/mol. The van der Waals surface area contributed by atoms with Gasteiger partial charge in [0, 0.05) is 13.1 Å². The zero-order chi connectivity index (χ0) is 19.8. The van der Waals surface area contributed by atoms with E-state index in [0.29, 0.717) is 31.5 Å². The molecule has 2 unspecified atom stereocenters. The molecule has 5 rings (SSSR count). The molecule has 1 aromatic carbocycles. The van der Waals surface area contributed by atoms with Crippen molar-refractivity contribution in [3.63, 3.8) is 0 Å². The fraction of sp³-hybridized carbons (Fsp3) is 0.652. The van der Waals surface area contributed by atoms with Crippen molar-refractivity contribution in [2.45, 2.75) is 57.8 Å². The molecule has 2 N–H and O–H groups in total. The maximum absolute atomic E-state index is 13.2. The van der Waals surface area contributed by atoms with Crippen molar-refractivity contribution in [1.82, 2.24) is 10.6 Å². The molecule has 1 aromatic rings. The van der Waals surface area contributed by atoms with Gasteiger partial charge in [-0.15, -0.1) is 0 Å². The number of rotatable bonds is 6. The van der Waals surface area contributed by atoms with Crippen LogP contribution in [0.5, 0.6) is 0 Å². The highest BCUT2D eigenvalue weighted by Crippen LogP contribution is 2.65.